The Morgan fingerprint density at radius 2 is 2.16 bits per heavy atom. The van der Waals surface area contributed by atoms with Crippen LogP contribution in [0.2, 0.25) is 0 Å². The number of nitrogen functional groups attached to an aromatic ring is 1. The molecule has 1 aromatic carbocycles. The fourth-order valence-corrected chi connectivity index (χ4v) is 1.82. The van der Waals surface area contributed by atoms with Gasteiger partial charge in [-0.2, -0.15) is 0 Å². The van der Waals surface area contributed by atoms with Crippen molar-refractivity contribution >= 4 is 23.4 Å². The molecule has 1 saturated heterocycles. The number of nitrogens with two attached hydrogens (primary N) is 1. The molecular formula is C12H12FN3O3. The van der Waals surface area contributed by atoms with Crippen molar-refractivity contribution in [1.82, 2.24) is 10.2 Å². The lowest BCUT2D eigenvalue weighted by atomic mass is 10.1. The molecule has 0 aliphatic carbocycles. The van der Waals surface area contributed by atoms with Gasteiger partial charge in [-0.1, -0.05) is 0 Å². The van der Waals surface area contributed by atoms with Crippen LogP contribution in [0, 0.1) is 5.82 Å². The molecule has 1 aliphatic rings. The first-order chi connectivity index (χ1) is 8.90. The molecular weight excluding hydrogens is 253 g/mol. The van der Waals surface area contributed by atoms with Crippen LogP contribution in [0.5, 0.6) is 0 Å². The van der Waals surface area contributed by atoms with Gasteiger partial charge < -0.3 is 11.1 Å². The molecule has 6 nitrogen and oxygen atoms in total. The van der Waals surface area contributed by atoms with Crippen LogP contribution in [0.3, 0.4) is 0 Å². The van der Waals surface area contributed by atoms with Gasteiger partial charge in [-0.25, -0.2) is 4.39 Å². The number of nitrogens with zero attached hydrogens (tertiary/aromatic N) is 1. The first-order valence-electron chi connectivity index (χ1n) is 5.56. The number of likely N-dealkylation sites (N-methyl/N-ethyl adjacent to an activating group) is 1. The Morgan fingerprint density at radius 1 is 1.47 bits per heavy atom. The first-order valence-corrected chi connectivity index (χ1v) is 5.56. The van der Waals surface area contributed by atoms with E-state index >= 15 is 0 Å². The topological polar surface area (TPSA) is 92.5 Å². The third-order valence-corrected chi connectivity index (χ3v) is 2.92. The van der Waals surface area contributed by atoms with Crippen LogP contribution in [0.1, 0.15) is 16.8 Å². The summed E-state index contributed by atoms with van der Waals surface area (Å²) in [5, 5.41) is 2.33. The second-order valence-corrected chi connectivity index (χ2v) is 4.26. The average Bonchev–Trinajstić information content (AvgIpc) is 2.57. The van der Waals surface area contributed by atoms with Gasteiger partial charge in [-0.15, -0.1) is 0 Å². The van der Waals surface area contributed by atoms with Gasteiger partial charge in [0.2, 0.25) is 5.91 Å². The van der Waals surface area contributed by atoms with E-state index in [9.17, 15) is 18.8 Å². The summed E-state index contributed by atoms with van der Waals surface area (Å²) in [6.07, 6.45) is -0.113. The predicted molar refractivity (Wildman–Crippen MR) is 64.5 cm³/mol. The van der Waals surface area contributed by atoms with E-state index in [2.05, 4.69) is 5.32 Å². The molecule has 1 atom stereocenters. The van der Waals surface area contributed by atoms with Gasteiger partial charge in [0.05, 0.1) is 12.0 Å². The number of carbonyl (C=O) groups excluding carboxylic acids is 3. The van der Waals surface area contributed by atoms with E-state index in [1.807, 2.05) is 0 Å². The van der Waals surface area contributed by atoms with Crippen molar-refractivity contribution in [2.45, 2.75) is 12.5 Å². The highest BCUT2D eigenvalue weighted by molar-refractivity contribution is 6.08. The summed E-state index contributed by atoms with van der Waals surface area (Å²) in [5.74, 6) is -2.41. The lowest BCUT2D eigenvalue weighted by Gasteiger charge is -2.11. The minimum absolute atomic E-state index is 0.113. The number of hydrogen-bond acceptors (Lipinski definition) is 4. The minimum atomic E-state index is -0.943. The summed E-state index contributed by atoms with van der Waals surface area (Å²) in [7, 11) is 1.33. The number of nitrogens with one attached hydrogen (secondary N) is 1. The Bertz CT molecular complexity index is 573. The van der Waals surface area contributed by atoms with Gasteiger partial charge in [-0.05, 0) is 18.2 Å². The van der Waals surface area contributed by atoms with E-state index < -0.39 is 23.7 Å². The molecule has 100 valence electrons. The van der Waals surface area contributed by atoms with Gasteiger partial charge in [0, 0.05) is 12.7 Å². The summed E-state index contributed by atoms with van der Waals surface area (Å²) in [6.45, 7) is 0. The Labute approximate surface area is 108 Å². The number of rotatable bonds is 2. The SMILES string of the molecule is CN1C(=O)CC(NC(=O)c2ccc(N)cc2F)C1=O. The number of hydrogen-bond donors (Lipinski definition) is 2. The molecule has 1 aromatic rings. The molecule has 0 spiro atoms. The van der Waals surface area contributed by atoms with Crippen molar-refractivity contribution in [2.24, 2.45) is 0 Å². The third-order valence-electron chi connectivity index (χ3n) is 2.92. The standard InChI is InChI=1S/C12H12FN3O3/c1-16-10(17)5-9(12(16)19)15-11(18)7-3-2-6(14)4-8(7)13/h2-4,9H,5,14H2,1H3,(H,15,18). The van der Waals surface area contributed by atoms with E-state index in [-0.39, 0.29) is 23.6 Å². The molecule has 1 heterocycles. The molecule has 0 aromatic heterocycles. The highest BCUT2D eigenvalue weighted by Crippen LogP contribution is 2.14. The summed E-state index contributed by atoms with van der Waals surface area (Å²) in [5.41, 5.74) is 5.35. The smallest absolute Gasteiger partial charge is 0.254 e. The lowest BCUT2D eigenvalue weighted by molar-refractivity contribution is -0.137. The fraction of sp³-hybridized carbons (Fsp3) is 0.250. The molecule has 3 amide bonds. The normalized spacial score (nSPS) is 18.8. The maximum atomic E-state index is 13.5. The van der Waals surface area contributed by atoms with E-state index in [1.165, 1.54) is 19.2 Å². The number of halogens is 1. The lowest BCUT2D eigenvalue weighted by Crippen LogP contribution is -2.40. The van der Waals surface area contributed by atoms with E-state index in [4.69, 9.17) is 5.73 Å². The van der Waals surface area contributed by atoms with Crippen LogP contribution in [0.4, 0.5) is 10.1 Å². The van der Waals surface area contributed by atoms with Crippen molar-refractivity contribution in [3.63, 3.8) is 0 Å². The summed E-state index contributed by atoms with van der Waals surface area (Å²) in [4.78, 5) is 35.6. The van der Waals surface area contributed by atoms with Gasteiger partial charge in [0.25, 0.3) is 11.8 Å². The van der Waals surface area contributed by atoms with Gasteiger partial charge in [0.15, 0.2) is 0 Å². The third kappa shape index (κ3) is 2.40. The molecule has 19 heavy (non-hydrogen) atoms. The molecule has 1 unspecified atom stereocenters. The largest absolute Gasteiger partial charge is 0.399 e. The minimum Gasteiger partial charge on any atom is -0.399 e. The fourth-order valence-electron chi connectivity index (χ4n) is 1.82. The van der Waals surface area contributed by atoms with Crippen molar-refractivity contribution in [3.05, 3.63) is 29.6 Å². The van der Waals surface area contributed by atoms with Crippen LogP contribution in [-0.2, 0) is 9.59 Å². The second-order valence-electron chi connectivity index (χ2n) is 4.26. The Hall–Kier alpha value is -2.44. The predicted octanol–water partition coefficient (Wildman–Crippen LogP) is -0.105. The molecule has 1 aliphatic heterocycles. The highest BCUT2D eigenvalue weighted by atomic mass is 19.1. The van der Waals surface area contributed by atoms with Gasteiger partial charge in [-0.3, -0.25) is 19.3 Å². The molecule has 0 bridgehead atoms. The molecule has 7 heteroatoms. The van der Waals surface area contributed by atoms with E-state index in [1.54, 1.807) is 0 Å². The molecule has 0 radical (unpaired) electrons. The van der Waals surface area contributed by atoms with Crippen LogP contribution in [0.15, 0.2) is 18.2 Å². The maximum absolute atomic E-state index is 13.5. The number of benzene rings is 1. The van der Waals surface area contributed by atoms with Crippen LogP contribution in [-0.4, -0.2) is 35.7 Å². The van der Waals surface area contributed by atoms with Crippen molar-refractivity contribution in [3.8, 4) is 0 Å². The Kier molecular flexibility index (Phi) is 3.20. The van der Waals surface area contributed by atoms with Gasteiger partial charge in [0.1, 0.15) is 11.9 Å². The highest BCUT2D eigenvalue weighted by Gasteiger charge is 2.37. The van der Waals surface area contributed by atoms with Crippen molar-refractivity contribution in [2.75, 3.05) is 12.8 Å². The zero-order valence-corrected chi connectivity index (χ0v) is 10.1. The number of carbonyl (C=O) groups is 3. The number of imide groups is 1. The average molecular weight is 265 g/mol. The Morgan fingerprint density at radius 3 is 2.68 bits per heavy atom. The zero-order chi connectivity index (χ0) is 14.2. The molecule has 2 rings (SSSR count). The number of anilines is 1. The van der Waals surface area contributed by atoms with Crippen molar-refractivity contribution in [1.29, 1.82) is 0 Å². The van der Waals surface area contributed by atoms with E-state index in [0.717, 1.165) is 11.0 Å². The van der Waals surface area contributed by atoms with Crippen LogP contribution < -0.4 is 11.1 Å². The molecule has 1 fully saturated rings. The monoisotopic (exact) mass is 265 g/mol. The van der Waals surface area contributed by atoms with Crippen LogP contribution >= 0.6 is 0 Å². The first kappa shape index (κ1) is 13.0. The zero-order valence-electron chi connectivity index (χ0n) is 10.1. The number of amides is 3. The molecule has 3 N–H and O–H groups in total. The molecule has 0 saturated carbocycles. The number of likely N-dealkylation sites (tertiary alicyclic amines) is 1. The summed E-state index contributed by atoms with van der Waals surface area (Å²) in [6, 6.07) is 2.68. The van der Waals surface area contributed by atoms with E-state index in [0.29, 0.717) is 0 Å². The summed E-state index contributed by atoms with van der Waals surface area (Å²) >= 11 is 0. The maximum Gasteiger partial charge on any atom is 0.254 e. The second kappa shape index (κ2) is 4.68. The van der Waals surface area contributed by atoms with Gasteiger partial charge >= 0.3 is 0 Å². The quantitative estimate of drug-likeness (QED) is 0.576. The Balaban J connectivity index is 2.14. The van der Waals surface area contributed by atoms with Crippen molar-refractivity contribution < 1.29 is 18.8 Å². The summed E-state index contributed by atoms with van der Waals surface area (Å²) < 4.78 is 13.5. The van der Waals surface area contributed by atoms with Crippen LogP contribution in [0.25, 0.3) is 0 Å².